The maximum atomic E-state index is 11.6. The Morgan fingerprint density at radius 1 is 1.18 bits per heavy atom. The number of carbonyl (C=O) groups is 1. The Balaban J connectivity index is 0.000000472. The molecule has 0 bridgehead atoms. The highest BCUT2D eigenvalue weighted by Gasteiger charge is 2.22. The Morgan fingerprint density at radius 3 is 2.32 bits per heavy atom. The molecule has 22 heavy (non-hydrogen) atoms. The standard InChI is InChI=1S/C11H21NO2.C8H18/c1-3-5-11(13)12-7-4-6-10(8-12)9-14-2;1-4-7-8(5-2)6-3/h10H,3-9H2,1-2H3;8H,4-7H2,1-3H3. The third kappa shape index (κ3) is 9.45. The van der Waals surface area contributed by atoms with Crippen LogP contribution in [0.2, 0.25) is 0 Å². The van der Waals surface area contributed by atoms with E-state index in [1.807, 2.05) is 4.90 Å². The number of carbonyl (C=O) groups excluding carboxylic acids is 1. The zero-order valence-electron chi connectivity index (χ0n) is 15.7. The largest absolute Gasteiger partial charge is 0.384 e. The zero-order chi connectivity index (χ0) is 16.8. The third-order valence-electron chi connectivity index (χ3n) is 4.59. The van der Waals surface area contributed by atoms with Gasteiger partial charge in [0.25, 0.3) is 0 Å². The van der Waals surface area contributed by atoms with Crippen LogP contribution in [0.5, 0.6) is 0 Å². The van der Waals surface area contributed by atoms with Crippen LogP contribution in [0.3, 0.4) is 0 Å². The molecule has 3 nitrogen and oxygen atoms in total. The van der Waals surface area contributed by atoms with Gasteiger partial charge in [0, 0.05) is 26.6 Å². The number of methoxy groups -OCH3 is 1. The molecule has 0 aromatic rings. The van der Waals surface area contributed by atoms with Crippen LogP contribution in [0.15, 0.2) is 0 Å². The first-order valence-corrected chi connectivity index (χ1v) is 9.39. The van der Waals surface area contributed by atoms with E-state index in [1.54, 1.807) is 7.11 Å². The number of nitrogens with zero attached hydrogens (tertiary/aromatic N) is 1. The van der Waals surface area contributed by atoms with Crippen molar-refractivity contribution >= 4 is 5.91 Å². The molecule has 0 aromatic carbocycles. The third-order valence-corrected chi connectivity index (χ3v) is 4.59. The Morgan fingerprint density at radius 2 is 1.86 bits per heavy atom. The number of hydrogen-bond donors (Lipinski definition) is 0. The van der Waals surface area contributed by atoms with Crippen LogP contribution in [0.1, 0.15) is 79.1 Å². The maximum Gasteiger partial charge on any atom is 0.222 e. The lowest BCUT2D eigenvalue weighted by molar-refractivity contribution is -0.133. The van der Waals surface area contributed by atoms with Crippen molar-refractivity contribution in [3.63, 3.8) is 0 Å². The highest BCUT2D eigenvalue weighted by Crippen LogP contribution is 2.17. The molecule has 132 valence electrons. The lowest BCUT2D eigenvalue weighted by Crippen LogP contribution is -2.40. The van der Waals surface area contributed by atoms with Crippen LogP contribution < -0.4 is 0 Å². The highest BCUT2D eigenvalue weighted by molar-refractivity contribution is 5.76. The molecule has 1 aliphatic rings. The van der Waals surface area contributed by atoms with Crippen molar-refractivity contribution < 1.29 is 9.53 Å². The van der Waals surface area contributed by atoms with E-state index in [4.69, 9.17) is 4.74 Å². The summed E-state index contributed by atoms with van der Waals surface area (Å²) in [6.07, 6.45) is 9.48. The number of ether oxygens (including phenoxy) is 1. The Kier molecular flexibility index (Phi) is 13.7. The maximum absolute atomic E-state index is 11.6. The van der Waals surface area contributed by atoms with Crippen LogP contribution in [-0.2, 0) is 9.53 Å². The second-order valence-electron chi connectivity index (χ2n) is 6.52. The monoisotopic (exact) mass is 313 g/mol. The molecule has 3 heteroatoms. The lowest BCUT2D eigenvalue weighted by atomic mass is 9.98. The van der Waals surface area contributed by atoms with Crippen LogP contribution in [0, 0.1) is 11.8 Å². The minimum Gasteiger partial charge on any atom is -0.384 e. The topological polar surface area (TPSA) is 29.5 Å². The molecule has 1 heterocycles. The van der Waals surface area contributed by atoms with Crippen molar-refractivity contribution in [2.45, 2.75) is 79.1 Å². The van der Waals surface area contributed by atoms with Gasteiger partial charge in [0.15, 0.2) is 0 Å². The molecule has 1 rings (SSSR count). The summed E-state index contributed by atoms with van der Waals surface area (Å²) >= 11 is 0. The van der Waals surface area contributed by atoms with Crippen molar-refractivity contribution in [2.75, 3.05) is 26.8 Å². The number of amides is 1. The molecule has 1 saturated heterocycles. The number of hydrogen-bond acceptors (Lipinski definition) is 2. The Hall–Kier alpha value is -0.570. The quantitative estimate of drug-likeness (QED) is 0.638. The van der Waals surface area contributed by atoms with Crippen molar-refractivity contribution in [1.29, 1.82) is 0 Å². The summed E-state index contributed by atoms with van der Waals surface area (Å²) in [5, 5.41) is 0. The lowest BCUT2D eigenvalue weighted by Gasteiger charge is -2.32. The van der Waals surface area contributed by atoms with Gasteiger partial charge in [-0.05, 0) is 31.1 Å². The molecule has 1 fully saturated rings. The van der Waals surface area contributed by atoms with E-state index >= 15 is 0 Å². The van der Waals surface area contributed by atoms with E-state index in [0.29, 0.717) is 18.2 Å². The number of likely N-dealkylation sites (tertiary alicyclic amines) is 1. The predicted molar refractivity (Wildman–Crippen MR) is 95.1 cm³/mol. The molecule has 1 unspecified atom stereocenters. The van der Waals surface area contributed by atoms with E-state index in [2.05, 4.69) is 27.7 Å². The average molecular weight is 314 g/mol. The van der Waals surface area contributed by atoms with Crippen LogP contribution in [0.25, 0.3) is 0 Å². The smallest absolute Gasteiger partial charge is 0.222 e. The number of piperidine rings is 1. The van der Waals surface area contributed by atoms with Crippen LogP contribution >= 0.6 is 0 Å². The summed E-state index contributed by atoms with van der Waals surface area (Å²) in [5.74, 6) is 1.86. The summed E-state index contributed by atoms with van der Waals surface area (Å²) in [6, 6.07) is 0. The Labute approximate surface area is 138 Å². The van der Waals surface area contributed by atoms with Gasteiger partial charge in [-0.1, -0.05) is 53.4 Å². The van der Waals surface area contributed by atoms with Crippen molar-refractivity contribution in [3.05, 3.63) is 0 Å². The van der Waals surface area contributed by atoms with Gasteiger partial charge < -0.3 is 9.64 Å². The number of rotatable bonds is 8. The molecule has 1 atom stereocenters. The fourth-order valence-electron chi connectivity index (χ4n) is 3.14. The molecule has 0 radical (unpaired) electrons. The normalized spacial score (nSPS) is 18.1. The van der Waals surface area contributed by atoms with Gasteiger partial charge in [0.1, 0.15) is 0 Å². The minimum absolute atomic E-state index is 0.313. The summed E-state index contributed by atoms with van der Waals surface area (Å²) < 4.78 is 5.13. The van der Waals surface area contributed by atoms with E-state index < -0.39 is 0 Å². The molecular formula is C19H39NO2. The van der Waals surface area contributed by atoms with Crippen molar-refractivity contribution in [1.82, 2.24) is 4.90 Å². The van der Waals surface area contributed by atoms with Crippen LogP contribution in [-0.4, -0.2) is 37.6 Å². The first kappa shape index (κ1) is 21.4. The second-order valence-corrected chi connectivity index (χ2v) is 6.52. The molecule has 0 aliphatic carbocycles. The fraction of sp³-hybridized carbons (Fsp3) is 0.947. The van der Waals surface area contributed by atoms with Gasteiger partial charge in [-0.25, -0.2) is 0 Å². The van der Waals surface area contributed by atoms with Crippen molar-refractivity contribution in [3.8, 4) is 0 Å². The minimum atomic E-state index is 0.313. The summed E-state index contributed by atoms with van der Waals surface area (Å²) in [7, 11) is 1.73. The average Bonchev–Trinajstić information content (AvgIpc) is 2.54. The summed E-state index contributed by atoms with van der Waals surface area (Å²) in [6.45, 7) is 11.5. The van der Waals surface area contributed by atoms with Gasteiger partial charge in [0.05, 0.1) is 6.61 Å². The molecule has 1 aliphatic heterocycles. The molecule has 0 aromatic heterocycles. The van der Waals surface area contributed by atoms with Gasteiger partial charge in [-0.2, -0.15) is 0 Å². The molecular weight excluding hydrogens is 274 g/mol. The van der Waals surface area contributed by atoms with Crippen LogP contribution in [0.4, 0.5) is 0 Å². The van der Waals surface area contributed by atoms with E-state index in [9.17, 15) is 4.79 Å². The fourth-order valence-corrected chi connectivity index (χ4v) is 3.14. The molecule has 0 saturated carbocycles. The summed E-state index contributed by atoms with van der Waals surface area (Å²) in [5.41, 5.74) is 0. The van der Waals surface area contributed by atoms with Gasteiger partial charge in [0.2, 0.25) is 5.91 Å². The van der Waals surface area contributed by atoms with E-state index in [1.165, 1.54) is 32.1 Å². The molecule has 0 spiro atoms. The van der Waals surface area contributed by atoms with E-state index in [-0.39, 0.29) is 0 Å². The molecule has 1 amide bonds. The van der Waals surface area contributed by atoms with Gasteiger partial charge >= 0.3 is 0 Å². The van der Waals surface area contributed by atoms with E-state index in [0.717, 1.165) is 38.5 Å². The summed E-state index contributed by atoms with van der Waals surface area (Å²) in [4.78, 5) is 13.6. The van der Waals surface area contributed by atoms with Gasteiger partial charge in [-0.3, -0.25) is 4.79 Å². The zero-order valence-corrected chi connectivity index (χ0v) is 15.7. The first-order valence-electron chi connectivity index (χ1n) is 9.39. The first-order chi connectivity index (χ1) is 10.6. The van der Waals surface area contributed by atoms with Crippen molar-refractivity contribution in [2.24, 2.45) is 11.8 Å². The highest BCUT2D eigenvalue weighted by atomic mass is 16.5. The SMILES string of the molecule is CCCC(=O)N1CCCC(COC)C1.CCCC(CC)CC. The Bertz CT molecular complexity index is 262. The molecule has 0 N–H and O–H groups in total. The van der Waals surface area contributed by atoms with Gasteiger partial charge in [-0.15, -0.1) is 0 Å². The second kappa shape index (κ2) is 14.0. The predicted octanol–water partition coefficient (Wildman–Crippen LogP) is 4.89.